The molecular weight excluding hydrogens is 350 g/mol. The zero-order chi connectivity index (χ0) is 20.1. The molecule has 0 aliphatic rings. The van der Waals surface area contributed by atoms with Crippen LogP contribution in [0.25, 0.3) is 0 Å². The fraction of sp³-hybridized carbons (Fsp3) is 0.368. The second kappa shape index (κ2) is 8.48. The van der Waals surface area contributed by atoms with Crippen LogP contribution in [0.3, 0.4) is 0 Å². The predicted molar refractivity (Wildman–Crippen MR) is 98.8 cm³/mol. The van der Waals surface area contributed by atoms with Gasteiger partial charge in [0.2, 0.25) is 0 Å². The van der Waals surface area contributed by atoms with Gasteiger partial charge in [-0.3, -0.25) is 14.3 Å². The van der Waals surface area contributed by atoms with Crippen LogP contribution >= 0.6 is 0 Å². The molecule has 0 fully saturated rings. The van der Waals surface area contributed by atoms with Gasteiger partial charge in [0.25, 0.3) is 5.91 Å². The molecule has 1 heterocycles. The molecule has 27 heavy (non-hydrogen) atoms. The van der Waals surface area contributed by atoms with E-state index in [0.29, 0.717) is 22.7 Å². The Kier molecular flexibility index (Phi) is 6.33. The lowest BCUT2D eigenvalue weighted by atomic mass is 10.1. The molecule has 0 spiro atoms. The van der Waals surface area contributed by atoms with Gasteiger partial charge in [-0.15, -0.1) is 0 Å². The Morgan fingerprint density at radius 1 is 1.19 bits per heavy atom. The summed E-state index contributed by atoms with van der Waals surface area (Å²) in [4.78, 5) is 35.4. The van der Waals surface area contributed by atoms with Crippen molar-refractivity contribution in [2.45, 2.75) is 33.8 Å². The van der Waals surface area contributed by atoms with Crippen molar-refractivity contribution < 1.29 is 23.9 Å². The number of carbonyl (C=O) groups excluding carboxylic acids is 3. The third-order valence-corrected chi connectivity index (χ3v) is 4.05. The van der Waals surface area contributed by atoms with Gasteiger partial charge in [-0.2, -0.15) is 5.10 Å². The van der Waals surface area contributed by atoms with E-state index >= 15 is 0 Å². The maximum atomic E-state index is 12.2. The van der Waals surface area contributed by atoms with E-state index < -0.39 is 18.0 Å². The quantitative estimate of drug-likeness (QED) is 0.590. The number of Topliss-reactive ketones (excluding diaryl/α,β-unsaturated/α-hetero) is 1. The molecule has 1 atom stereocenters. The SMILES string of the molecule is CC(=O)c1ccc(OCC(=O)O[C@@H](C)C(=O)Nc2c(C)nn(C)c2C)cc1. The third kappa shape index (κ3) is 5.16. The molecule has 0 radical (unpaired) electrons. The molecule has 0 saturated carbocycles. The van der Waals surface area contributed by atoms with Crippen LogP contribution in [0, 0.1) is 13.8 Å². The Morgan fingerprint density at radius 2 is 1.81 bits per heavy atom. The van der Waals surface area contributed by atoms with Gasteiger partial charge in [0.1, 0.15) is 5.75 Å². The monoisotopic (exact) mass is 373 g/mol. The topological polar surface area (TPSA) is 99.5 Å². The van der Waals surface area contributed by atoms with Crippen LogP contribution in [0.1, 0.15) is 35.6 Å². The average Bonchev–Trinajstić information content (AvgIpc) is 2.86. The minimum Gasteiger partial charge on any atom is -0.482 e. The average molecular weight is 373 g/mol. The first-order chi connectivity index (χ1) is 12.7. The first-order valence-corrected chi connectivity index (χ1v) is 8.43. The van der Waals surface area contributed by atoms with E-state index in [9.17, 15) is 14.4 Å². The highest BCUT2D eigenvalue weighted by Gasteiger charge is 2.21. The number of nitrogens with zero attached hydrogens (tertiary/aromatic N) is 2. The standard InChI is InChI=1S/C19H23N3O5/c1-11-18(12(2)22(5)21-11)20-19(25)14(4)27-17(24)10-26-16-8-6-15(7-9-16)13(3)23/h6-9,14H,10H2,1-5H3,(H,20,25)/t14-/m0/s1. The number of aryl methyl sites for hydroxylation is 2. The van der Waals surface area contributed by atoms with Crippen LogP contribution in [0.15, 0.2) is 24.3 Å². The van der Waals surface area contributed by atoms with Crippen LogP contribution in [-0.2, 0) is 21.4 Å². The Bertz CT molecular complexity index is 855. The highest BCUT2D eigenvalue weighted by Crippen LogP contribution is 2.19. The summed E-state index contributed by atoms with van der Waals surface area (Å²) < 4.78 is 12.1. The van der Waals surface area contributed by atoms with E-state index in [1.54, 1.807) is 42.9 Å². The maximum absolute atomic E-state index is 12.2. The molecule has 144 valence electrons. The number of nitrogens with one attached hydrogen (secondary N) is 1. The first kappa shape index (κ1) is 20.2. The van der Waals surface area contributed by atoms with Crippen molar-refractivity contribution in [3.63, 3.8) is 0 Å². The van der Waals surface area contributed by atoms with E-state index in [4.69, 9.17) is 9.47 Å². The number of hydrogen-bond acceptors (Lipinski definition) is 6. The number of amides is 1. The van der Waals surface area contributed by atoms with Crippen LogP contribution in [0.4, 0.5) is 5.69 Å². The summed E-state index contributed by atoms with van der Waals surface area (Å²) in [6, 6.07) is 6.40. The van der Waals surface area contributed by atoms with Crippen LogP contribution in [0.5, 0.6) is 5.75 Å². The molecule has 2 aromatic rings. The lowest BCUT2D eigenvalue weighted by Crippen LogP contribution is -2.32. The fourth-order valence-corrected chi connectivity index (χ4v) is 2.39. The summed E-state index contributed by atoms with van der Waals surface area (Å²) in [5.41, 5.74) is 2.64. The number of anilines is 1. The highest BCUT2D eigenvalue weighted by atomic mass is 16.6. The molecule has 0 aliphatic carbocycles. The zero-order valence-electron chi connectivity index (χ0n) is 16.0. The minimum atomic E-state index is -0.986. The summed E-state index contributed by atoms with van der Waals surface area (Å²) in [5, 5.41) is 6.94. The predicted octanol–water partition coefficient (Wildman–Crippen LogP) is 2.19. The van der Waals surface area contributed by atoms with Crippen molar-refractivity contribution in [2.75, 3.05) is 11.9 Å². The van der Waals surface area contributed by atoms with Gasteiger partial charge < -0.3 is 14.8 Å². The summed E-state index contributed by atoms with van der Waals surface area (Å²) in [5.74, 6) is -0.753. The molecule has 1 aromatic carbocycles. The smallest absolute Gasteiger partial charge is 0.344 e. The molecule has 8 nitrogen and oxygen atoms in total. The number of benzene rings is 1. The Labute approximate surface area is 157 Å². The number of ketones is 1. The number of ether oxygens (including phenoxy) is 2. The fourth-order valence-electron chi connectivity index (χ4n) is 2.39. The van der Waals surface area contributed by atoms with Gasteiger partial charge in [-0.05, 0) is 52.0 Å². The molecule has 0 unspecified atom stereocenters. The van der Waals surface area contributed by atoms with Crippen LogP contribution in [0.2, 0.25) is 0 Å². The summed E-state index contributed by atoms with van der Waals surface area (Å²) in [6.07, 6.45) is -0.986. The van der Waals surface area contributed by atoms with Gasteiger partial charge in [-0.1, -0.05) is 0 Å². The first-order valence-electron chi connectivity index (χ1n) is 8.43. The number of rotatable bonds is 7. The lowest BCUT2D eigenvalue weighted by molar-refractivity contribution is -0.155. The summed E-state index contributed by atoms with van der Waals surface area (Å²) >= 11 is 0. The van der Waals surface area contributed by atoms with E-state index in [-0.39, 0.29) is 12.4 Å². The second-order valence-electron chi connectivity index (χ2n) is 6.16. The van der Waals surface area contributed by atoms with Gasteiger partial charge in [-0.25, -0.2) is 4.79 Å². The van der Waals surface area contributed by atoms with Crippen molar-refractivity contribution in [3.05, 3.63) is 41.2 Å². The van der Waals surface area contributed by atoms with Crippen molar-refractivity contribution in [3.8, 4) is 5.75 Å². The Morgan fingerprint density at radius 3 is 2.33 bits per heavy atom. The summed E-state index contributed by atoms with van der Waals surface area (Å²) in [6.45, 7) is 6.22. The molecule has 0 saturated heterocycles. The van der Waals surface area contributed by atoms with Gasteiger partial charge in [0.15, 0.2) is 18.5 Å². The summed E-state index contributed by atoms with van der Waals surface area (Å²) in [7, 11) is 1.78. The number of esters is 1. The molecule has 0 aliphatic heterocycles. The van der Waals surface area contributed by atoms with Crippen molar-refractivity contribution in [2.24, 2.45) is 7.05 Å². The number of carbonyl (C=O) groups is 3. The minimum absolute atomic E-state index is 0.0557. The molecule has 1 N–H and O–H groups in total. The van der Waals surface area contributed by atoms with Crippen molar-refractivity contribution >= 4 is 23.3 Å². The largest absolute Gasteiger partial charge is 0.482 e. The maximum Gasteiger partial charge on any atom is 0.344 e. The molecule has 1 amide bonds. The molecule has 1 aromatic heterocycles. The molecular formula is C19H23N3O5. The molecule has 2 rings (SSSR count). The zero-order valence-corrected chi connectivity index (χ0v) is 16.0. The Balaban J connectivity index is 1.85. The van der Waals surface area contributed by atoms with Gasteiger partial charge in [0.05, 0.1) is 17.1 Å². The second-order valence-corrected chi connectivity index (χ2v) is 6.16. The normalized spacial score (nSPS) is 11.6. The van der Waals surface area contributed by atoms with Crippen molar-refractivity contribution in [1.29, 1.82) is 0 Å². The number of aromatic nitrogens is 2. The van der Waals surface area contributed by atoms with E-state index in [0.717, 1.165) is 5.69 Å². The van der Waals surface area contributed by atoms with Crippen LogP contribution in [-0.4, -0.2) is 40.2 Å². The van der Waals surface area contributed by atoms with E-state index in [2.05, 4.69) is 10.4 Å². The van der Waals surface area contributed by atoms with Gasteiger partial charge in [0, 0.05) is 12.6 Å². The third-order valence-electron chi connectivity index (χ3n) is 4.05. The molecule has 0 bridgehead atoms. The van der Waals surface area contributed by atoms with E-state index in [1.807, 2.05) is 6.92 Å². The highest BCUT2D eigenvalue weighted by molar-refractivity contribution is 5.96. The van der Waals surface area contributed by atoms with Crippen LogP contribution < -0.4 is 10.1 Å². The Hall–Kier alpha value is -3.16. The van der Waals surface area contributed by atoms with Gasteiger partial charge >= 0.3 is 5.97 Å². The number of hydrogen-bond donors (Lipinski definition) is 1. The van der Waals surface area contributed by atoms with E-state index in [1.165, 1.54) is 13.8 Å². The lowest BCUT2D eigenvalue weighted by Gasteiger charge is -2.14. The van der Waals surface area contributed by atoms with Crippen molar-refractivity contribution in [1.82, 2.24) is 9.78 Å². The molecule has 8 heteroatoms.